The molecule has 94 valence electrons. The van der Waals surface area contributed by atoms with Gasteiger partial charge in [0.05, 0.1) is 0 Å². The summed E-state index contributed by atoms with van der Waals surface area (Å²) in [6.45, 7) is 0. The van der Waals surface area contributed by atoms with Crippen LogP contribution in [0.15, 0.2) is 48.5 Å². The fourth-order valence-electron chi connectivity index (χ4n) is 1.19. The average Bonchev–Trinajstić information content (AvgIpc) is 2.35. The monoisotopic (exact) mass is 270 g/mol. The Morgan fingerprint density at radius 2 is 1.06 bits per heavy atom. The average molecular weight is 270 g/mol. The molecule has 0 saturated heterocycles. The van der Waals surface area contributed by atoms with Gasteiger partial charge in [-0.25, -0.2) is 8.78 Å². The standard InChI is InChI=1S/C12H9F2O3P/c13-9-1-5-11(6-2-9)16-18(15)17-12-7-3-10(14)4-8-12/h1-8,15H. The van der Waals surface area contributed by atoms with Crippen LogP contribution in [0.4, 0.5) is 8.78 Å². The van der Waals surface area contributed by atoms with Gasteiger partial charge in [-0.2, -0.15) is 0 Å². The molecule has 0 fully saturated rings. The number of hydrogen-bond donors (Lipinski definition) is 1. The van der Waals surface area contributed by atoms with E-state index in [4.69, 9.17) is 9.05 Å². The van der Waals surface area contributed by atoms with Gasteiger partial charge in [0.25, 0.3) is 0 Å². The van der Waals surface area contributed by atoms with Gasteiger partial charge < -0.3 is 13.9 Å². The van der Waals surface area contributed by atoms with E-state index in [9.17, 15) is 13.7 Å². The molecule has 0 amide bonds. The highest BCUT2D eigenvalue weighted by Gasteiger charge is 2.11. The minimum Gasteiger partial charge on any atom is -0.418 e. The maximum atomic E-state index is 12.6. The molecule has 0 heterocycles. The third kappa shape index (κ3) is 3.65. The van der Waals surface area contributed by atoms with Crippen LogP contribution in [0.1, 0.15) is 0 Å². The zero-order chi connectivity index (χ0) is 13.0. The molecule has 3 nitrogen and oxygen atoms in total. The number of rotatable bonds is 4. The van der Waals surface area contributed by atoms with Gasteiger partial charge >= 0.3 is 8.60 Å². The third-order valence-electron chi connectivity index (χ3n) is 1.99. The van der Waals surface area contributed by atoms with Gasteiger partial charge in [-0.1, -0.05) is 0 Å². The molecule has 0 spiro atoms. The lowest BCUT2D eigenvalue weighted by atomic mass is 10.3. The molecule has 2 rings (SSSR count). The predicted octanol–water partition coefficient (Wildman–Crippen LogP) is 3.64. The van der Waals surface area contributed by atoms with E-state index in [1.807, 2.05) is 0 Å². The summed E-state index contributed by atoms with van der Waals surface area (Å²) in [5.41, 5.74) is 0. The van der Waals surface area contributed by atoms with Crippen molar-refractivity contribution in [2.24, 2.45) is 0 Å². The lowest BCUT2D eigenvalue weighted by molar-refractivity contribution is 0.381. The van der Waals surface area contributed by atoms with Gasteiger partial charge in [0.2, 0.25) is 0 Å². The van der Waals surface area contributed by atoms with Crippen molar-refractivity contribution in [2.75, 3.05) is 0 Å². The Labute approximate surface area is 104 Å². The number of benzene rings is 2. The number of halogens is 2. The molecular weight excluding hydrogens is 261 g/mol. The minimum atomic E-state index is -2.20. The first kappa shape index (κ1) is 12.7. The van der Waals surface area contributed by atoms with Crippen molar-refractivity contribution in [2.45, 2.75) is 0 Å². The summed E-state index contributed by atoms with van der Waals surface area (Å²) in [5, 5.41) is 0. The Bertz CT molecular complexity index is 454. The highest BCUT2D eigenvalue weighted by Crippen LogP contribution is 2.36. The highest BCUT2D eigenvalue weighted by molar-refractivity contribution is 7.41. The molecule has 0 radical (unpaired) electrons. The summed E-state index contributed by atoms with van der Waals surface area (Å²) < 4.78 is 35.3. The molecule has 0 aliphatic carbocycles. The van der Waals surface area contributed by atoms with E-state index in [1.54, 1.807) is 0 Å². The van der Waals surface area contributed by atoms with Crippen LogP contribution < -0.4 is 9.05 Å². The molecule has 18 heavy (non-hydrogen) atoms. The molecule has 6 heteroatoms. The van der Waals surface area contributed by atoms with Crippen LogP contribution in [0.5, 0.6) is 11.5 Å². The summed E-state index contributed by atoms with van der Waals surface area (Å²) >= 11 is 0. The summed E-state index contributed by atoms with van der Waals surface area (Å²) in [4.78, 5) is 9.53. The molecule has 2 aromatic rings. The van der Waals surface area contributed by atoms with Crippen molar-refractivity contribution in [3.8, 4) is 11.5 Å². The molecule has 0 bridgehead atoms. The first-order valence-electron chi connectivity index (χ1n) is 4.99. The Morgan fingerprint density at radius 3 is 1.39 bits per heavy atom. The van der Waals surface area contributed by atoms with Gasteiger partial charge in [-0.15, -0.1) is 0 Å². The molecule has 0 aromatic heterocycles. The van der Waals surface area contributed by atoms with E-state index < -0.39 is 20.2 Å². The minimum absolute atomic E-state index is 0.284. The zero-order valence-electron chi connectivity index (χ0n) is 9.09. The van der Waals surface area contributed by atoms with E-state index in [0.717, 1.165) is 0 Å². The predicted molar refractivity (Wildman–Crippen MR) is 63.2 cm³/mol. The van der Waals surface area contributed by atoms with Crippen LogP contribution in [0.25, 0.3) is 0 Å². The zero-order valence-corrected chi connectivity index (χ0v) is 9.98. The third-order valence-corrected chi connectivity index (χ3v) is 2.73. The van der Waals surface area contributed by atoms with Crippen molar-refractivity contribution in [1.82, 2.24) is 0 Å². The van der Waals surface area contributed by atoms with Crippen LogP contribution in [0, 0.1) is 11.6 Å². The summed E-state index contributed by atoms with van der Waals surface area (Å²) in [6.07, 6.45) is 0. The number of hydrogen-bond acceptors (Lipinski definition) is 3. The smallest absolute Gasteiger partial charge is 0.418 e. The molecule has 0 aliphatic heterocycles. The largest absolute Gasteiger partial charge is 0.460 e. The SMILES string of the molecule is OP(Oc1ccc(F)cc1)Oc1ccc(F)cc1. The first-order chi connectivity index (χ1) is 8.63. The summed E-state index contributed by atoms with van der Waals surface area (Å²) in [7, 11) is -2.20. The first-order valence-corrected chi connectivity index (χ1v) is 6.12. The van der Waals surface area contributed by atoms with Crippen molar-refractivity contribution in [3.05, 3.63) is 60.2 Å². The van der Waals surface area contributed by atoms with E-state index >= 15 is 0 Å². The molecular formula is C12H9F2O3P. The van der Waals surface area contributed by atoms with E-state index in [0.29, 0.717) is 0 Å². The van der Waals surface area contributed by atoms with E-state index in [2.05, 4.69) is 0 Å². The summed E-state index contributed by atoms with van der Waals surface area (Å²) in [5.74, 6) is -0.229. The Kier molecular flexibility index (Phi) is 4.07. The van der Waals surface area contributed by atoms with Gasteiger partial charge in [-0.3, -0.25) is 0 Å². The Hall–Kier alpha value is -1.71. The van der Waals surface area contributed by atoms with Gasteiger partial charge in [0.15, 0.2) is 0 Å². The van der Waals surface area contributed by atoms with Crippen molar-refractivity contribution < 1.29 is 22.7 Å². The van der Waals surface area contributed by atoms with Gasteiger partial charge in [0.1, 0.15) is 23.1 Å². The second-order valence-electron chi connectivity index (χ2n) is 3.33. The van der Waals surface area contributed by atoms with Crippen LogP contribution in [0.2, 0.25) is 0 Å². The molecule has 1 N–H and O–H groups in total. The molecule has 0 atom stereocenters. The molecule has 2 aromatic carbocycles. The van der Waals surface area contributed by atoms with E-state index in [1.165, 1.54) is 48.5 Å². The molecule has 0 aliphatic rings. The molecule has 0 unspecified atom stereocenters. The van der Waals surface area contributed by atoms with Crippen molar-refractivity contribution >= 4 is 8.60 Å². The van der Waals surface area contributed by atoms with Crippen molar-refractivity contribution in [1.29, 1.82) is 0 Å². The van der Waals surface area contributed by atoms with Gasteiger partial charge in [-0.05, 0) is 48.5 Å². The van der Waals surface area contributed by atoms with Crippen LogP contribution in [-0.4, -0.2) is 4.89 Å². The van der Waals surface area contributed by atoms with Crippen LogP contribution >= 0.6 is 8.60 Å². The fourth-order valence-corrected chi connectivity index (χ4v) is 1.83. The quantitative estimate of drug-likeness (QED) is 0.862. The topological polar surface area (TPSA) is 38.7 Å². The van der Waals surface area contributed by atoms with Crippen LogP contribution in [0.3, 0.4) is 0 Å². The maximum absolute atomic E-state index is 12.6. The summed E-state index contributed by atoms with van der Waals surface area (Å²) in [6, 6.07) is 10.3. The second-order valence-corrected chi connectivity index (χ2v) is 4.17. The Morgan fingerprint density at radius 1 is 0.722 bits per heavy atom. The normalized spacial score (nSPS) is 10.4. The highest BCUT2D eigenvalue weighted by atomic mass is 31.2. The lowest BCUT2D eigenvalue weighted by Gasteiger charge is -2.11. The van der Waals surface area contributed by atoms with E-state index in [-0.39, 0.29) is 11.5 Å². The van der Waals surface area contributed by atoms with Crippen molar-refractivity contribution in [3.63, 3.8) is 0 Å². The van der Waals surface area contributed by atoms with Gasteiger partial charge in [0, 0.05) is 0 Å². The van der Waals surface area contributed by atoms with Crippen LogP contribution in [-0.2, 0) is 0 Å². The lowest BCUT2D eigenvalue weighted by Crippen LogP contribution is -1.94. The Balaban J connectivity index is 1.94. The molecule has 0 saturated carbocycles. The maximum Gasteiger partial charge on any atom is 0.460 e. The fraction of sp³-hybridized carbons (Fsp3) is 0. The second kappa shape index (κ2) is 5.76.